The lowest BCUT2D eigenvalue weighted by Crippen LogP contribution is -2.10. The molecule has 0 fully saturated rings. The van der Waals surface area contributed by atoms with Crippen molar-refractivity contribution in [2.75, 3.05) is 5.32 Å². The Balaban J connectivity index is 2.21. The predicted molar refractivity (Wildman–Crippen MR) is 71.1 cm³/mol. The molecule has 0 unspecified atom stereocenters. The van der Waals surface area contributed by atoms with Crippen LogP contribution in [0.4, 0.5) is 10.1 Å². The molecule has 1 heterocycles. The Bertz CT molecular complexity index is 567. The average molecular weight is 314 g/mol. The average Bonchev–Trinajstić information content (AvgIpc) is 2.70. The smallest absolute Gasteiger partial charge is 0.265 e. The van der Waals surface area contributed by atoms with Gasteiger partial charge in [-0.2, -0.15) is 0 Å². The Morgan fingerprint density at radius 2 is 2.12 bits per heavy atom. The van der Waals surface area contributed by atoms with Crippen molar-refractivity contribution in [1.29, 1.82) is 0 Å². The molecule has 0 bridgehead atoms. The van der Waals surface area contributed by atoms with Crippen LogP contribution < -0.4 is 5.32 Å². The van der Waals surface area contributed by atoms with Crippen LogP contribution in [0.5, 0.6) is 0 Å². The molecule has 88 valence electrons. The van der Waals surface area contributed by atoms with Crippen LogP contribution in [0.15, 0.2) is 34.8 Å². The fourth-order valence-electron chi connectivity index (χ4n) is 1.33. The number of carbonyl (C=O) groups excluding carboxylic acids is 1. The topological polar surface area (TPSA) is 29.1 Å². The van der Waals surface area contributed by atoms with Gasteiger partial charge < -0.3 is 5.32 Å². The summed E-state index contributed by atoms with van der Waals surface area (Å²) in [7, 11) is 0. The minimum Gasteiger partial charge on any atom is -0.320 e. The Morgan fingerprint density at radius 1 is 1.35 bits per heavy atom. The number of thiophene rings is 1. The quantitative estimate of drug-likeness (QED) is 0.884. The van der Waals surface area contributed by atoms with Crippen LogP contribution in [0, 0.1) is 12.7 Å². The zero-order valence-electron chi connectivity index (χ0n) is 8.96. The van der Waals surface area contributed by atoms with Gasteiger partial charge in [-0.15, -0.1) is 11.3 Å². The number of hydrogen-bond donors (Lipinski definition) is 1. The number of benzene rings is 1. The molecule has 1 aromatic heterocycles. The molecule has 2 nitrogen and oxygen atoms in total. The van der Waals surface area contributed by atoms with Crippen molar-refractivity contribution in [3.8, 4) is 0 Å². The van der Waals surface area contributed by atoms with E-state index in [1.807, 2.05) is 13.0 Å². The molecule has 0 saturated heterocycles. The van der Waals surface area contributed by atoms with Gasteiger partial charge in [0.2, 0.25) is 0 Å². The fraction of sp³-hybridized carbons (Fsp3) is 0.0833. The number of rotatable bonds is 2. The largest absolute Gasteiger partial charge is 0.320 e. The molecular formula is C12H9BrFNOS. The van der Waals surface area contributed by atoms with Crippen LogP contribution in [-0.4, -0.2) is 5.91 Å². The lowest BCUT2D eigenvalue weighted by Gasteiger charge is -2.05. The predicted octanol–water partition coefficient (Wildman–Crippen LogP) is 4.21. The van der Waals surface area contributed by atoms with Gasteiger partial charge in [0.1, 0.15) is 5.82 Å². The van der Waals surface area contributed by atoms with E-state index in [0.29, 0.717) is 15.0 Å². The molecule has 0 saturated carbocycles. The highest BCUT2D eigenvalue weighted by molar-refractivity contribution is 9.10. The van der Waals surface area contributed by atoms with Crippen LogP contribution >= 0.6 is 27.3 Å². The first-order chi connectivity index (χ1) is 8.06. The van der Waals surface area contributed by atoms with E-state index in [2.05, 4.69) is 21.2 Å². The standard InChI is InChI=1S/C12H9BrFNOS/c1-7-2-5-11(17-7)12(16)15-10-6-8(14)3-4-9(10)13/h2-6H,1H3,(H,15,16). The molecule has 5 heteroatoms. The number of anilines is 1. The summed E-state index contributed by atoms with van der Waals surface area (Å²) in [5.74, 6) is -0.611. The van der Waals surface area contributed by atoms with E-state index in [-0.39, 0.29) is 11.7 Å². The molecule has 0 aliphatic heterocycles. The third-order valence-corrected chi connectivity index (χ3v) is 3.83. The maximum absolute atomic E-state index is 13.0. The molecule has 2 aromatic rings. The molecule has 0 spiro atoms. The van der Waals surface area contributed by atoms with Gasteiger partial charge in [0.15, 0.2) is 0 Å². The van der Waals surface area contributed by atoms with Gasteiger partial charge in [-0.25, -0.2) is 4.39 Å². The van der Waals surface area contributed by atoms with Gasteiger partial charge in [-0.05, 0) is 53.2 Å². The van der Waals surface area contributed by atoms with Crippen molar-refractivity contribution in [2.45, 2.75) is 6.92 Å². The van der Waals surface area contributed by atoms with E-state index in [9.17, 15) is 9.18 Å². The van der Waals surface area contributed by atoms with Gasteiger partial charge in [-0.1, -0.05) is 0 Å². The van der Waals surface area contributed by atoms with Crippen molar-refractivity contribution in [1.82, 2.24) is 0 Å². The SMILES string of the molecule is Cc1ccc(C(=O)Nc2cc(F)ccc2Br)s1. The molecule has 0 atom stereocenters. The Hall–Kier alpha value is -1.20. The van der Waals surface area contributed by atoms with Gasteiger partial charge in [0.05, 0.1) is 10.6 Å². The number of amides is 1. The Labute approximate surface area is 111 Å². The van der Waals surface area contributed by atoms with E-state index >= 15 is 0 Å². The maximum Gasteiger partial charge on any atom is 0.265 e. The van der Waals surface area contributed by atoms with Gasteiger partial charge >= 0.3 is 0 Å². The van der Waals surface area contributed by atoms with Crippen molar-refractivity contribution >= 4 is 38.9 Å². The second kappa shape index (κ2) is 4.98. The Kier molecular flexibility index (Phi) is 3.59. The third-order valence-electron chi connectivity index (χ3n) is 2.14. The van der Waals surface area contributed by atoms with E-state index in [4.69, 9.17) is 0 Å². The van der Waals surface area contributed by atoms with Gasteiger partial charge in [0, 0.05) is 9.35 Å². The van der Waals surface area contributed by atoms with Crippen LogP contribution in [0.25, 0.3) is 0 Å². The first-order valence-electron chi connectivity index (χ1n) is 4.89. The first kappa shape index (κ1) is 12.3. The van der Waals surface area contributed by atoms with Crippen LogP contribution in [0.1, 0.15) is 14.5 Å². The van der Waals surface area contributed by atoms with E-state index in [0.717, 1.165) is 4.88 Å². The zero-order chi connectivity index (χ0) is 12.4. The lowest BCUT2D eigenvalue weighted by molar-refractivity contribution is 0.103. The normalized spacial score (nSPS) is 10.3. The highest BCUT2D eigenvalue weighted by Crippen LogP contribution is 2.24. The lowest BCUT2D eigenvalue weighted by atomic mass is 10.3. The minimum absolute atomic E-state index is 0.227. The number of nitrogens with one attached hydrogen (secondary N) is 1. The number of hydrogen-bond acceptors (Lipinski definition) is 2. The summed E-state index contributed by atoms with van der Waals surface area (Å²) in [6, 6.07) is 7.80. The third kappa shape index (κ3) is 2.92. The van der Waals surface area contributed by atoms with E-state index in [1.54, 1.807) is 12.1 Å². The number of halogens is 2. The van der Waals surface area contributed by atoms with Crippen LogP contribution in [0.3, 0.4) is 0 Å². The highest BCUT2D eigenvalue weighted by Gasteiger charge is 2.10. The first-order valence-corrected chi connectivity index (χ1v) is 6.50. The second-order valence-corrected chi connectivity index (χ2v) is 5.63. The highest BCUT2D eigenvalue weighted by atomic mass is 79.9. The Morgan fingerprint density at radius 3 is 2.76 bits per heavy atom. The number of aryl methyl sites for hydroxylation is 1. The summed E-state index contributed by atoms with van der Waals surface area (Å²) in [6.07, 6.45) is 0. The molecule has 1 N–H and O–H groups in total. The molecule has 1 aromatic carbocycles. The van der Waals surface area contributed by atoms with Crippen LogP contribution in [-0.2, 0) is 0 Å². The molecular weight excluding hydrogens is 305 g/mol. The zero-order valence-corrected chi connectivity index (χ0v) is 11.4. The maximum atomic E-state index is 13.0. The van der Waals surface area contributed by atoms with Crippen LogP contribution in [0.2, 0.25) is 0 Å². The molecule has 0 aliphatic carbocycles. The molecule has 2 rings (SSSR count). The van der Waals surface area contributed by atoms with E-state index < -0.39 is 0 Å². The second-order valence-electron chi connectivity index (χ2n) is 3.49. The van der Waals surface area contributed by atoms with Crippen molar-refractivity contribution in [3.63, 3.8) is 0 Å². The summed E-state index contributed by atoms with van der Waals surface area (Å²) in [5.41, 5.74) is 0.432. The number of carbonyl (C=O) groups is 1. The minimum atomic E-state index is -0.383. The molecule has 0 aliphatic rings. The van der Waals surface area contributed by atoms with Crippen molar-refractivity contribution in [3.05, 3.63) is 50.4 Å². The molecule has 17 heavy (non-hydrogen) atoms. The summed E-state index contributed by atoms with van der Waals surface area (Å²) >= 11 is 4.66. The fourth-order valence-corrected chi connectivity index (χ4v) is 2.44. The molecule has 0 radical (unpaired) electrons. The van der Waals surface area contributed by atoms with Gasteiger partial charge in [-0.3, -0.25) is 4.79 Å². The van der Waals surface area contributed by atoms with Crippen molar-refractivity contribution < 1.29 is 9.18 Å². The van der Waals surface area contributed by atoms with Crippen molar-refractivity contribution in [2.24, 2.45) is 0 Å². The summed E-state index contributed by atoms with van der Waals surface area (Å²) in [6.45, 7) is 1.93. The molecule has 1 amide bonds. The summed E-state index contributed by atoms with van der Waals surface area (Å²) in [4.78, 5) is 13.5. The monoisotopic (exact) mass is 313 g/mol. The van der Waals surface area contributed by atoms with E-state index in [1.165, 1.54) is 23.5 Å². The van der Waals surface area contributed by atoms with Gasteiger partial charge in [0.25, 0.3) is 5.91 Å². The summed E-state index contributed by atoms with van der Waals surface area (Å²) in [5, 5.41) is 2.67. The summed E-state index contributed by atoms with van der Waals surface area (Å²) < 4.78 is 13.7.